The Bertz CT molecular complexity index is 1210. The van der Waals surface area contributed by atoms with Crippen molar-refractivity contribution in [2.75, 3.05) is 13.1 Å². The number of nitrogens with zero attached hydrogens (tertiary/aromatic N) is 5. The van der Waals surface area contributed by atoms with Crippen molar-refractivity contribution in [2.45, 2.75) is 26.2 Å². The topological polar surface area (TPSA) is 63.9 Å². The number of carbonyl (C=O) groups excluding carboxylic acids is 1. The molecule has 0 saturated carbocycles. The van der Waals surface area contributed by atoms with Crippen LogP contribution in [0, 0.1) is 12.8 Å². The Hall–Kier alpha value is -3.54. The number of fused-ring (bicyclic) bond motifs is 1. The highest BCUT2D eigenvalue weighted by Crippen LogP contribution is 2.24. The van der Waals surface area contributed by atoms with Crippen molar-refractivity contribution >= 4 is 17.1 Å². The molecule has 31 heavy (non-hydrogen) atoms. The monoisotopic (exact) mass is 411 g/mol. The van der Waals surface area contributed by atoms with Gasteiger partial charge in [-0.2, -0.15) is 4.68 Å². The highest BCUT2D eigenvalue weighted by molar-refractivity contribution is 5.95. The molecular weight excluding hydrogens is 386 g/mol. The van der Waals surface area contributed by atoms with Crippen molar-refractivity contribution < 1.29 is 4.79 Å². The Morgan fingerprint density at radius 3 is 2.65 bits per heavy atom. The number of rotatable bonds is 4. The molecule has 0 N–H and O–H groups in total. The summed E-state index contributed by atoms with van der Waals surface area (Å²) < 4.78 is 1.72. The molecule has 1 aliphatic rings. The first kappa shape index (κ1) is 19.4. The van der Waals surface area contributed by atoms with E-state index in [-0.39, 0.29) is 5.91 Å². The zero-order chi connectivity index (χ0) is 21.2. The molecule has 6 heteroatoms. The molecule has 0 unspecified atom stereocenters. The third-order valence-electron chi connectivity index (χ3n) is 6.16. The minimum atomic E-state index is 0.0804. The highest BCUT2D eigenvalue weighted by atomic mass is 16.2. The summed E-state index contributed by atoms with van der Waals surface area (Å²) in [6.07, 6.45) is 4.89. The number of amides is 1. The average Bonchev–Trinajstić information content (AvgIpc) is 3.24. The van der Waals surface area contributed by atoms with Gasteiger partial charge in [-0.05, 0) is 67.5 Å². The molecule has 156 valence electrons. The Morgan fingerprint density at radius 2 is 1.84 bits per heavy atom. The molecule has 1 aliphatic heterocycles. The molecule has 0 aliphatic carbocycles. The molecule has 4 aromatic rings. The predicted octanol–water partition coefficient (Wildman–Crippen LogP) is 4.22. The first-order valence-corrected chi connectivity index (χ1v) is 10.8. The van der Waals surface area contributed by atoms with Gasteiger partial charge in [0.2, 0.25) is 0 Å². The van der Waals surface area contributed by atoms with Crippen LogP contribution >= 0.6 is 0 Å². The molecule has 1 amide bonds. The molecule has 0 atom stereocenters. The summed E-state index contributed by atoms with van der Waals surface area (Å²) in [4.78, 5) is 19.6. The first-order chi connectivity index (χ1) is 15.2. The zero-order valence-corrected chi connectivity index (χ0v) is 17.6. The van der Waals surface area contributed by atoms with Crippen molar-refractivity contribution in [3.8, 4) is 5.69 Å². The number of likely N-dealkylation sites (tertiary alicyclic amines) is 1. The SMILES string of the molecule is Cc1ccc(C(=O)N2CCC(Cc3ccccc3)CC2)cc1-n1nnc2cccnc21. The van der Waals surface area contributed by atoms with E-state index in [0.717, 1.165) is 49.1 Å². The van der Waals surface area contributed by atoms with Gasteiger partial charge in [-0.15, -0.1) is 5.10 Å². The van der Waals surface area contributed by atoms with Crippen LogP contribution in [0.4, 0.5) is 0 Å². The lowest BCUT2D eigenvalue weighted by Crippen LogP contribution is -2.39. The van der Waals surface area contributed by atoms with E-state index in [4.69, 9.17) is 0 Å². The van der Waals surface area contributed by atoms with Crippen LogP contribution in [-0.4, -0.2) is 43.9 Å². The number of hydrogen-bond acceptors (Lipinski definition) is 4. The normalized spacial score (nSPS) is 14.8. The summed E-state index contributed by atoms with van der Waals surface area (Å²) in [5.41, 5.74) is 5.35. The van der Waals surface area contributed by atoms with Crippen LogP contribution in [0.2, 0.25) is 0 Å². The minimum Gasteiger partial charge on any atom is -0.339 e. The lowest BCUT2D eigenvalue weighted by molar-refractivity contribution is 0.0690. The van der Waals surface area contributed by atoms with Crippen LogP contribution in [0.3, 0.4) is 0 Å². The van der Waals surface area contributed by atoms with Gasteiger partial charge < -0.3 is 4.90 Å². The first-order valence-electron chi connectivity index (χ1n) is 10.8. The second-order valence-electron chi connectivity index (χ2n) is 8.27. The van der Waals surface area contributed by atoms with Crippen LogP contribution in [0.25, 0.3) is 16.9 Å². The van der Waals surface area contributed by atoms with Crippen molar-refractivity contribution in [3.05, 3.63) is 83.6 Å². The molecule has 3 heterocycles. The molecule has 2 aromatic carbocycles. The third-order valence-corrected chi connectivity index (χ3v) is 6.16. The van der Waals surface area contributed by atoms with Crippen LogP contribution in [0.1, 0.15) is 34.3 Å². The quantitative estimate of drug-likeness (QED) is 0.504. The summed E-state index contributed by atoms with van der Waals surface area (Å²) in [6.45, 7) is 3.61. The summed E-state index contributed by atoms with van der Waals surface area (Å²) in [5, 5.41) is 8.47. The van der Waals surface area contributed by atoms with Gasteiger partial charge in [-0.25, -0.2) is 4.98 Å². The summed E-state index contributed by atoms with van der Waals surface area (Å²) in [6, 6.07) is 20.1. The second-order valence-corrected chi connectivity index (χ2v) is 8.27. The van der Waals surface area contributed by atoms with Gasteiger partial charge in [0, 0.05) is 24.8 Å². The van der Waals surface area contributed by atoms with Crippen LogP contribution < -0.4 is 0 Å². The third kappa shape index (κ3) is 3.93. The fraction of sp³-hybridized carbons (Fsp3) is 0.280. The standard InChI is InChI=1S/C25H25N5O/c1-18-9-10-21(17-23(18)30-24-22(27-28-30)8-5-13-26-24)25(31)29-14-11-20(12-15-29)16-19-6-3-2-4-7-19/h2-10,13,17,20H,11-12,14-16H2,1H3. The number of aromatic nitrogens is 4. The Kier molecular flexibility index (Phi) is 5.20. The minimum absolute atomic E-state index is 0.0804. The lowest BCUT2D eigenvalue weighted by Gasteiger charge is -2.32. The maximum atomic E-state index is 13.2. The smallest absolute Gasteiger partial charge is 0.253 e. The van der Waals surface area contributed by atoms with Gasteiger partial charge in [0.1, 0.15) is 5.52 Å². The number of aryl methyl sites for hydroxylation is 1. The molecule has 0 radical (unpaired) electrons. The summed E-state index contributed by atoms with van der Waals surface area (Å²) in [7, 11) is 0. The summed E-state index contributed by atoms with van der Waals surface area (Å²) in [5.74, 6) is 0.712. The van der Waals surface area contributed by atoms with Crippen molar-refractivity contribution in [3.63, 3.8) is 0 Å². The number of benzene rings is 2. The van der Waals surface area contributed by atoms with E-state index in [1.165, 1.54) is 5.56 Å². The summed E-state index contributed by atoms with van der Waals surface area (Å²) >= 11 is 0. The van der Waals surface area contributed by atoms with E-state index >= 15 is 0 Å². The number of carbonyl (C=O) groups is 1. The maximum Gasteiger partial charge on any atom is 0.253 e. The van der Waals surface area contributed by atoms with E-state index in [9.17, 15) is 4.79 Å². The maximum absolute atomic E-state index is 13.2. The Morgan fingerprint density at radius 1 is 1.03 bits per heavy atom. The van der Waals surface area contributed by atoms with E-state index in [2.05, 4.69) is 45.6 Å². The van der Waals surface area contributed by atoms with Gasteiger partial charge in [0.15, 0.2) is 5.65 Å². The number of hydrogen-bond donors (Lipinski definition) is 0. The fourth-order valence-electron chi connectivity index (χ4n) is 4.37. The van der Waals surface area contributed by atoms with Crippen LogP contribution in [0.15, 0.2) is 66.9 Å². The van der Waals surface area contributed by atoms with Crippen molar-refractivity contribution in [2.24, 2.45) is 5.92 Å². The van der Waals surface area contributed by atoms with E-state index in [1.807, 2.05) is 42.2 Å². The fourth-order valence-corrected chi connectivity index (χ4v) is 4.37. The molecule has 0 bridgehead atoms. The van der Waals surface area contributed by atoms with Gasteiger partial charge in [-0.1, -0.05) is 41.6 Å². The van der Waals surface area contributed by atoms with Gasteiger partial charge in [0.05, 0.1) is 5.69 Å². The largest absolute Gasteiger partial charge is 0.339 e. The lowest BCUT2D eigenvalue weighted by atomic mass is 9.90. The molecule has 5 rings (SSSR count). The molecule has 0 spiro atoms. The Labute approximate surface area is 181 Å². The van der Waals surface area contributed by atoms with Gasteiger partial charge >= 0.3 is 0 Å². The number of pyridine rings is 1. The molecule has 1 fully saturated rings. The highest BCUT2D eigenvalue weighted by Gasteiger charge is 2.24. The molecule has 2 aromatic heterocycles. The Balaban J connectivity index is 1.32. The van der Waals surface area contributed by atoms with Crippen LogP contribution in [0.5, 0.6) is 0 Å². The molecule has 6 nitrogen and oxygen atoms in total. The number of piperidine rings is 1. The van der Waals surface area contributed by atoms with E-state index in [1.54, 1.807) is 10.9 Å². The van der Waals surface area contributed by atoms with Crippen molar-refractivity contribution in [1.82, 2.24) is 24.9 Å². The van der Waals surface area contributed by atoms with E-state index in [0.29, 0.717) is 17.1 Å². The second kappa shape index (κ2) is 8.30. The van der Waals surface area contributed by atoms with E-state index < -0.39 is 0 Å². The molecular formula is C25H25N5O. The zero-order valence-electron chi connectivity index (χ0n) is 17.6. The predicted molar refractivity (Wildman–Crippen MR) is 120 cm³/mol. The molecule has 1 saturated heterocycles. The van der Waals surface area contributed by atoms with Crippen LogP contribution in [-0.2, 0) is 6.42 Å². The van der Waals surface area contributed by atoms with Gasteiger partial charge in [0.25, 0.3) is 5.91 Å². The van der Waals surface area contributed by atoms with Gasteiger partial charge in [-0.3, -0.25) is 4.79 Å². The van der Waals surface area contributed by atoms with Crippen molar-refractivity contribution in [1.29, 1.82) is 0 Å². The average molecular weight is 412 g/mol.